The zero-order valence-corrected chi connectivity index (χ0v) is 10.4. The first-order valence-electron chi connectivity index (χ1n) is 5.62. The van der Waals surface area contributed by atoms with Crippen molar-refractivity contribution in [3.8, 4) is 0 Å². The Balaban J connectivity index is 3.43. The Labute approximate surface area is 104 Å². The van der Waals surface area contributed by atoms with Crippen LogP contribution in [0.3, 0.4) is 0 Å². The van der Waals surface area contributed by atoms with Crippen molar-refractivity contribution < 1.29 is 9.90 Å². The van der Waals surface area contributed by atoms with E-state index >= 15 is 0 Å². The molecule has 3 N–H and O–H groups in total. The van der Waals surface area contributed by atoms with E-state index in [9.17, 15) is 9.59 Å². The fraction of sp³-hybridized carbons (Fsp3) is 0.455. The summed E-state index contributed by atoms with van der Waals surface area (Å²) in [6, 6.07) is 0. The van der Waals surface area contributed by atoms with Gasteiger partial charge < -0.3 is 10.8 Å². The summed E-state index contributed by atoms with van der Waals surface area (Å²) in [6.07, 6.45) is 1.88. The molecule has 7 nitrogen and oxygen atoms in total. The number of nitrogens with two attached hydrogens (primary N) is 1. The van der Waals surface area contributed by atoms with Gasteiger partial charge in [-0.15, -0.1) is 0 Å². The average molecular weight is 252 g/mol. The molecule has 0 fully saturated rings. The van der Waals surface area contributed by atoms with Crippen LogP contribution in [0.1, 0.15) is 25.1 Å². The Bertz CT molecular complexity index is 534. The van der Waals surface area contributed by atoms with Crippen molar-refractivity contribution >= 4 is 17.9 Å². The predicted molar refractivity (Wildman–Crippen MR) is 68.1 cm³/mol. The predicted octanol–water partition coefficient (Wildman–Crippen LogP) is -0.0887. The lowest BCUT2D eigenvalue weighted by atomic mass is 10.2. The highest BCUT2D eigenvalue weighted by molar-refractivity contribution is 5.87. The number of rotatable bonds is 5. The van der Waals surface area contributed by atoms with Gasteiger partial charge in [0.1, 0.15) is 6.54 Å². The first-order chi connectivity index (χ1) is 8.51. The van der Waals surface area contributed by atoms with Gasteiger partial charge in [0.15, 0.2) is 0 Å². The van der Waals surface area contributed by atoms with Crippen LogP contribution in [0.5, 0.6) is 0 Å². The van der Waals surface area contributed by atoms with Gasteiger partial charge >= 0.3 is 5.97 Å². The van der Waals surface area contributed by atoms with Crippen LogP contribution in [0.2, 0.25) is 0 Å². The topological polar surface area (TPSA) is 111 Å². The highest BCUT2D eigenvalue weighted by Crippen LogP contribution is 2.10. The molecule has 1 aromatic rings. The van der Waals surface area contributed by atoms with E-state index in [0.29, 0.717) is 18.7 Å². The standard InChI is InChI=1S/C11H16N4O3/c1-3-8-10(12)7(5-13-4-2)11(18)15(14-8)6-9(16)17/h5H,3-4,6,12H2,1-2H3,(H,16,17). The largest absolute Gasteiger partial charge is 0.480 e. The van der Waals surface area contributed by atoms with E-state index in [-0.39, 0.29) is 11.3 Å². The molecule has 18 heavy (non-hydrogen) atoms. The van der Waals surface area contributed by atoms with Gasteiger partial charge in [-0.25, -0.2) is 4.68 Å². The minimum atomic E-state index is -1.13. The third-order valence-corrected chi connectivity index (χ3v) is 2.33. The molecule has 7 heteroatoms. The van der Waals surface area contributed by atoms with Crippen molar-refractivity contribution in [3.63, 3.8) is 0 Å². The van der Waals surface area contributed by atoms with Crippen LogP contribution in [0.25, 0.3) is 0 Å². The molecule has 0 bridgehead atoms. The summed E-state index contributed by atoms with van der Waals surface area (Å²) in [5, 5.41) is 12.7. The maximum Gasteiger partial charge on any atom is 0.325 e. The lowest BCUT2D eigenvalue weighted by molar-refractivity contribution is -0.138. The Morgan fingerprint density at radius 1 is 1.56 bits per heavy atom. The van der Waals surface area contributed by atoms with Gasteiger partial charge in [0.05, 0.1) is 16.9 Å². The number of carboxylic acids is 1. The summed E-state index contributed by atoms with van der Waals surface area (Å²) in [6.45, 7) is 3.68. The van der Waals surface area contributed by atoms with Gasteiger partial charge in [0.2, 0.25) is 0 Å². The maximum atomic E-state index is 12.0. The molecule has 0 atom stereocenters. The second kappa shape index (κ2) is 5.95. The number of carbonyl (C=O) groups is 1. The molecule has 0 unspecified atom stereocenters. The van der Waals surface area contributed by atoms with Crippen LogP contribution < -0.4 is 11.3 Å². The van der Waals surface area contributed by atoms with Gasteiger partial charge in [-0.2, -0.15) is 5.10 Å². The van der Waals surface area contributed by atoms with E-state index in [1.807, 2.05) is 13.8 Å². The van der Waals surface area contributed by atoms with Crippen molar-refractivity contribution in [2.24, 2.45) is 4.99 Å². The molecule has 0 aromatic carbocycles. The molecular weight excluding hydrogens is 236 g/mol. The molecule has 0 aliphatic rings. The second-order valence-corrected chi connectivity index (χ2v) is 3.61. The number of hydrogen-bond acceptors (Lipinski definition) is 5. The molecule has 0 amide bonds. The number of anilines is 1. The highest BCUT2D eigenvalue weighted by atomic mass is 16.4. The number of aryl methyl sites for hydroxylation is 1. The van der Waals surface area contributed by atoms with Crippen molar-refractivity contribution in [1.29, 1.82) is 0 Å². The molecular formula is C11H16N4O3. The highest BCUT2D eigenvalue weighted by Gasteiger charge is 2.14. The van der Waals surface area contributed by atoms with E-state index in [0.717, 1.165) is 4.68 Å². The molecule has 1 heterocycles. The van der Waals surface area contributed by atoms with Gasteiger partial charge in [0.25, 0.3) is 5.56 Å². The second-order valence-electron chi connectivity index (χ2n) is 3.61. The van der Waals surface area contributed by atoms with Gasteiger partial charge in [0, 0.05) is 12.8 Å². The SMILES string of the molecule is CCN=Cc1c(N)c(CC)nn(CC(=O)O)c1=O. The molecule has 0 aliphatic heterocycles. The normalized spacial score (nSPS) is 11.0. The smallest absolute Gasteiger partial charge is 0.325 e. The minimum Gasteiger partial charge on any atom is -0.480 e. The summed E-state index contributed by atoms with van der Waals surface area (Å²) in [5.41, 5.74) is 6.24. The molecule has 0 spiro atoms. The number of aliphatic imine (C=N–C) groups is 1. The van der Waals surface area contributed by atoms with Crippen LogP contribution in [-0.2, 0) is 17.8 Å². The summed E-state index contributed by atoms with van der Waals surface area (Å²) in [4.78, 5) is 26.6. The van der Waals surface area contributed by atoms with Gasteiger partial charge in [-0.1, -0.05) is 6.92 Å². The molecule has 1 rings (SSSR count). The fourth-order valence-corrected chi connectivity index (χ4v) is 1.46. The van der Waals surface area contributed by atoms with Crippen LogP contribution in [-0.4, -0.2) is 33.6 Å². The molecule has 0 aliphatic carbocycles. The van der Waals surface area contributed by atoms with Crippen molar-refractivity contribution in [1.82, 2.24) is 9.78 Å². The van der Waals surface area contributed by atoms with Crippen LogP contribution in [0.4, 0.5) is 5.69 Å². The number of carboxylic acid groups (broad SMARTS) is 1. The quantitative estimate of drug-likeness (QED) is 0.711. The Kier molecular flexibility index (Phi) is 4.59. The molecule has 98 valence electrons. The number of aromatic nitrogens is 2. The molecule has 0 saturated heterocycles. The van der Waals surface area contributed by atoms with Crippen LogP contribution in [0, 0.1) is 0 Å². The minimum absolute atomic E-state index is 0.199. The zero-order valence-electron chi connectivity index (χ0n) is 10.4. The molecule has 1 aromatic heterocycles. The first-order valence-corrected chi connectivity index (χ1v) is 5.62. The maximum absolute atomic E-state index is 12.0. The molecule has 0 radical (unpaired) electrons. The van der Waals surface area contributed by atoms with Crippen molar-refractivity contribution in [3.05, 3.63) is 21.6 Å². The number of hydrogen-bond donors (Lipinski definition) is 2. The fourth-order valence-electron chi connectivity index (χ4n) is 1.46. The zero-order chi connectivity index (χ0) is 13.7. The Morgan fingerprint density at radius 3 is 2.72 bits per heavy atom. The summed E-state index contributed by atoms with van der Waals surface area (Å²) >= 11 is 0. The summed E-state index contributed by atoms with van der Waals surface area (Å²) in [7, 11) is 0. The molecule has 0 saturated carbocycles. The Hall–Kier alpha value is -2.18. The van der Waals surface area contributed by atoms with E-state index in [1.54, 1.807) is 0 Å². The lowest BCUT2D eigenvalue weighted by Crippen LogP contribution is -2.31. The van der Waals surface area contributed by atoms with Crippen LogP contribution in [0.15, 0.2) is 9.79 Å². The van der Waals surface area contributed by atoms with Crippen molar-refractivity contribution in [2.75, 3.05) is 12.3 Å². The summed E-state index contributed by atoms with van der Waals surface area (Å²) in [5.74, 6) is -1.13. The van der Waals surface area contributed by atoms with E-state index < -0.39 is 18.1 Å². The lowest BCUT2D eigenvalue weighted by Gasteiger charge is -2.09. The third-order valence-electron chi connectivity index (χ3n) is 2.33. The first kappa shape index (κ1) is 13.9. The van der Waals surface area contributed by atoms with E-state index in [4.69, 9.17) is 10.8 Å². The van der Waals surface area contributed by atoms with E-state index in [2.05, 4.69) is 10.1 Å². The van der Waals surface area contributed by atoms with Crippen LogP contribution >= 0.6 is 0 Å². The number of nitrogens with zero attached hydrogens (tertiary/aromatic N) is 3. The van der Waals surface area contributed by atoms with Gasteiger partial charge in [-0.3, -0.25) is 14.6 Å². The summed E-state index contributed by atoms with van der Waals surface area (Å²) < 4.78 is 0.897. The van der Waals surface area contributed by atoms with Crippen molar-refractivity contribution in [2.45, 2.75) is 26.8 Å². The number of aliphatic carboxylic acids is 1. The number of nitrogen functional groups attached to an aromatic ring is 1. The third kappa shape index (κ3) is 2.93. The van der Waals surface area contributed by atoms with E-state index in [1.165, 1.54) is 6.21 Å². The average Bonchev–Trinajstić information content (AvgIpc) is 2.32. The Morgan fingerprint density at radius 2 is 2.22 bits per heavy atom. The van der Waals surface area contributed by atoms with Gasteiger partial charge in [-0.05, 0) is 13.3 Å². The monoisotopic (exact) mass is 252 g/mol.